The van der Waals surface area contributed by atoms with E-state index in [-0.39, 0.29) is 19.3 Å². The van der Waals surface area contributed by atoms with Crippen LogP contribution in [-0.4, -0.2) is 204 Å². The molecule has 18 unspecified atom stereocenters. The van der Waals surface area contributed by atoms with Crippen molar-refractivity contribution in [2.45, 2.75) is 427 Å². The number of unbranched alkanes of at least 4 members (excludes halogenated alkanes) is 40. The fourth-order valence-electron chi connectivity index (χ4n) is 13.3. The summed E-state index contributed by atoms with van der Waals surface area (Å²) in [6, 6.07) is 0. The van der Waals surface area contributed by atoms with Gasteiger partial charge in [0.15, 0.2) is 18.7 Å². The van der Waals surface area contributed by atoms with Crippen molar-refractivity contribution >= 4 is 25.7 Å². The van der Waals surface area contributed by atoms with Gasteiger partial charge in [0, 0.05) is 19.3 Å². The van der Waals surface area contributed by atoms with Crippen molar-refractivity contribution < 1.29 is 117 Å². The van der Waals surface area contributed by atoms with E-state index in [0.717, 1.165) is 109 Å². The summed E-state index contributed by atoms with van der Waals surface area (Å²) >= 11 is 0. The summed E-state index contributed by atoms with van der Waals surface area (Å²) in [6.45, 7) is 3.48. The van der Waals surface area contributed by atoms with E-state index in [2.05, 4.69) is 32.9 Å². The fourth-order valence-corrected chi connectivity index (χ4v) is 14.2. The van der Waals surface area contributed by atoms with E-state index < -0.39 is 156 Å². The maximum absolute atomic E-state index is 14.4. The predicted octanol–water partition coefficient (Wildman–Crippen LogP) is 11.9. The molecular weight excluding hydrogens is 1330 g/mol. The van der Waals surface area contributed by atoms with Crippen LogP contribution in [0.15, 0.2) is 12.2 Å². The summed E-state index contributed by atoms with van der Waals surface area (Å²) in [5, 5.41) is 110. The number of esters is 3. The van der Waals surface area contributed by atoms with E-state index >= 15 is 0 Å². The molecule has 2 aliphatic heterocycles. The number of aliphatic hydroxyl groups is 10. The first-order valence-corrected chi connectivity index (χ1v) is 41.5. The largest absolute Gasteiger partial charge is 0.472 e. The lowest BCUT2D eigenvalue weighted by Gasteiger charge is -2.49. The van der Waals surface area contributed by atoms with E-state index in [4.69, 9.17) is 42.2 Å². The molecule has 24 nitrogen and oxygen atoms in total. The van der Waals surface area contributed by atoms with Gasteiger partial charge in [-0.25, -0.2) is 4.57 Å². The van der Waals surface area contributed by atoms with Gasteiger partial charge in [-0.2, -0.15) is 0 Å². The van der Waals surface area contributed by atoms with Crippen molar-refractivity contribution in [3.05, 3.63) is 12.2 Å². The highest BCUT2D eigenvalue weighted by Crippen LogP contribution is 2.49. The lowest BCUT2D eigenvalue weighted by atomic mass is 9.84. The summed E-state index contributed by atoms with van der Waals surface area (Å²) in [5.74, 6) is -1.98. The van der Waals surface area contributed by atoms with Crippen molar-refractivity contribution in [3.63, 3.8) is 0 Å². The zero-order valence-electron chi connectivity index (χ0n) is 62.2. The highest BCUT2D eigenvalue weighted by atomic mass is 31.2. The molecule has 2 saturated heterocycles. The van der Waals surface area contributed by atoms with Crippen LogP contribution in [-0.2, 0) is 61.2 Å². The normalized spacial score (nSPS) is 27.2. The molecule has 0 radical (unpaired) electrons. The monoisotopic (exact) mass is 1470 g/mol. The number of hydrogen-bond acceptors (Lipinski definition) is 23. The van der Waals surface area contributed by atoms with Crippen LogP contribution in [0.1, 0.15) is 323 Å². The molecule has 0 aromatic rings. The Kier molecular flexibility index (Phi) is 53.2. The van der Waals surface area contributed by atoms with Crippen LogP contribution in [0.3, 0.4) is 0 Å². The number of rotatable bonds is 63. The number of aliphatic hydroxyl groups excluding tert-OH is 10. The zero-order chi connectivity index (χ0) is 73.9. The average Bonchev–Trinajstić information content (AvgIpc) is 0.761. The molecule has 3 aliphatic rings. The number of allylic oxidation sites excluding steroid dienone is 2. The van der Waals surface area contributed by atoms with Crippen LogP contribution in [0.4, 0.5) is 0 Å². The van der Waals surface area contributed by atoms with Gasteiger partial charge in [-0.3, -0.25) is 23.4 Å². The van der Waals surface area contributed by atoms with Crippen molar-refractivity contribution in [3.8, 4) is 0 Å². The Morgan fingerprint density at radius 2 is 0.693 bits per heavy atom. The van der Waals surface area contributed by atoms with E-state index in [1.54, 1.807) is 0 Å². The minimum Gasteiger partial charge on any atom is -0.463 e. The third kappa shape index (κ3) is 40.5. The molecule has 0 amide bonds. The molecule has 1 saturated carbocycles. The Bertz CT molecular complexity index is 2130. The summed E-state index contributed by atoms with van der Waals surface area (Å²) < 4.78 is 65.2. The second kappa shape index (κ2) is 57.8. The van der Waals surface area contributed by atoms with Gasteiger partial charge >= 0.3 is 25.7 Å². The molecule has 0 bridgehead atoms. The quantitative estimate of drug-likeness (QED) is 0.00886. The minimum atomic E-state index is -5.70. The van der Waals surface area contributed by atoms with Gasteiger partial charge in [-0.05, 0) is 44.9 Å². The maximum Gasteiger partial charge on any atom is 0.472 e. The molecule has 11 N–H and O–H groups in total. The van der Waals surface area contributed by atoms with Crippen molar-refractivity contribution in [1.82, 2.24) is 0 Å². The number of hydrogen-bond donors (Lipinski definition) is 11. The standard InChI is InChI=1S/C76H141O24P/c1-4-7-10-13-16-19-22-25-28-31-33-36-39-42-45-48-51-61(79)93-56-59-64(82)66(84)71(89)76(97-59)99-73-69(87)67(85)68(86)72(98-75-70(88)65(83)63(81)58(53-77)96-75)74(73)100-101(90,91)94-55-57(95-62(80)52-49-46-43-40-37-34-30-27-24-21-18-15-12-9-6-3)54-92-60(78)50-47-44-41-38-35-32-29-26-23-20-17-14-11-8-5-2/h21,24,57-59,63-77,81-89H,4-20,22-23,25-56H2,1-3H3,(H,90,91)/b24-21-. The molecular formula is C76H141O24P. The van der Waals surface area contributed by atoms with Gasteiger partial charge in [0.2, 0.25) is 0 Å². The Morgan fingerprint density at radius 3 is 1.08 bits per heavy atom. The Balaban J connectivity index is 1.71. The molecule has 18 atom stereocenters. The molecule has 101 heavy (non-hydrogen) atoms. The zero-order valence-corrected chi connectivity index (χ0v) is 63.1. The van der Waals surface area contributed by atoms with Crippen LogP contribution in [0.2, 0.25) is 0 Å². The van der Waals surface area contributed by atoms with Gasteiger partial charge < -0.3 is 89.1 Å². The molecule has 0 aromatic carbocycles. The molecule has 0 spiro atoms. The smallest absolute Gasteiger partial charge is 0.463 e. The maximum atomic E-state index is 14.4. The van der Waals surface area contributed by atoms with Gasteiger partial charge in [-0.1, -0.05) is 270 Å². The second-order valence-corrected chi connectivity index (χ2v) is 30.2. The lowest BCUT2D eigenvalue weighted by Crippen LogP contribution is -2.69. The number of phosphoric ester groups is 1. The van der Waals surface area contributed by atoms with Crippen LogP contribution in [0.25, 0.3) is 0 Å². The van der Waals surface area contributed by atoms with E-state index in [1.807, 2.05) is 0 Å². The Labute approximate surface area is 605 Å². The summed E-state index contributed by atoms with van der Waals surface area (Å²) in [5.41, 5.74) is 0. The number of carbonyl (C=O) groups is 3. The summed E-state index contributed by atoms with van der Waals surface area (Å²) in [6.07, 6.45) is 18.2. The summed E-state index contributed by atoms with van der Waals surface area (Å²) in [7, 11) is -5.70. The first-order chi connectivity index (χ1) is 48.8. The third-order valence-corrected chi connectivity index (χ3v) is 20.8. The Hall–Kier alpha value is -2.30. The molecule has 594 valence electrons. The fraction of sp³-hybridized carbons (Fsp3) is 0.934. The number of ether oxygens (including phenoxy) is 7. The number of phosphoric acid groups is 1. The predicted molar refractivity (Wildman–Crippen MR) is 384 cm³/mol. The third-order valence-electron chi connectivity index (χ3n) is 19.8. The Morgan fingerprint density at radius 1 is 0.376 bits per heavy atom. The second-order valence-electron chi connectivity index (χ2n) is 28.8. The van der Waals surface area contributed by atoms with Crippen molar-refractivity contribution in [2.24, 2.45) is 0 Å². The summed E-state index contributed by atoms with van der Waals surface area (Å²) in [4.78, 5) is 51.1. The molecule has 1 aliphatic carbocycles. The van der Waals surface area contributed by atoms with Crippen LogP contribution in [0, 0.1) is 0 Å². The van der Waals surface area contributed by atoms with E-state index in [9.17, 15) is 74.9 Å². The molecule has 3 fully saturated rings. The van der Waals surface area contributed by atoms with Gasteiger partial charge in [0.1, 0.15) is 98.7 Å². The van der Waals surface area contributed by atoms with Gasteiger partial charge in [0.05, 0.1) is 13.2 Å². The molecule has 3 rings (SSSR count). The van der Waals surface area contributed by atoms with Gasteiger partial charge in [-0.15, -0.1) is 0 Å². The molecule has 25 heteroatoms. The lowest BCUT2D eigenvalue weighted by molar-refractivity contribution is -0.360. The van der Waals surface area contributed by atoms with E-state index in [0.29, 0.717) is 19.3 Å². The van der Waals surface area contributed by atoms with Crippen molar-refractivity contribution in [2.75, 3.05) is 26.4 Å². The van der Waals surface area contributed by atoms with Crippen LogP contribution >= 0.6 is 7.82 Å². The average molecular weight is 1470 g/mol. The minimum absolute atomic E-state index is 0.0329. The molecule has 0 aromatic heterocycles. The highest BCUT2D eigenvalue weighted by molar-refractivity contribution is 7.47. The first-order valence-electron chi connectivity index (χ1n) is 40.0. The SMILES string of the molecule is CCCCCC/C=C\CCCCCCCCCC(=O)OC(COC(=O)CCCCCCCCCCCCCCCCC)COP(=O)(O)OC1C(OC2OC(CO)C(O)C(O)C2O)C(O)C(O)C(O)C1OC1OC(COC(=O)CCCCCCCCCCCCCCCCCC)C(O)C(O)C1O. The van der Waals surface area contributed by atoms with E-state index in [1.165, 1.54) is 154 Å². The van der Waals surface area contributed by atoms with Crippen LogP contribution < -0.4 is 0 Å². The van der Waals surface area contributed by atoms with Crippen LogP contribution in [0.5, 0.6) is 0 Å². The first kappa shape index (κ1) is 92.9. The molecule has 2 heterocycles. The topological polar surface area (TPSA) is 374 Å². The number of carbonyl (C=O) groups excluding carboxylic acids is 3. The van der Waals surface area contributed by atoms with Crippen molar-refractivity contribution in [1.29, 1.82) is 0 Å². The highest BCUT2D eigenvalue weighted by Gasteiger charge is 2.58. The van der Waals surface area contributed by atoms with Gasteiger partial charge in [0.25, 0.3) is 0 Å².